The van der Waals surface area contributed by atoms with Crippen molar-refractivity contribution >= 4 is 61.2 Å². The molecule has 7 heteroatoms. The average molecular weight is 631 g/mol. The number of fused-ring (bicyclic) bond motifs is 1. The van der Waals surface area contributed by atoms with Gasteiger partial charge in [0.1, 0.15) is 11.3 Å². The minimum absolute atomic E-state index is 0.0553. The van der Waals surface area contributed by atoms with Crippen molar-refractivity contribution in [3.8, 4) is 17.2 Å². The molecule has 1 N–H and O–H groups in total. The number of nitrogens with one attached hydrogen (secondary N) is 1. The zero-order chi connectivity index (χ0) is 23.5. The average Bonchev–Trinajstić information content (AvgIpc) is 3.28. The largest absolute Gasteiger partial charge is 0.484 e. The molecule has 0 saturated heterocycles. The van der Waals surface area contributed by atoms with Crippen molar-refractivity contribution in [3.63, 3.8) is 0 Å². The summed E-state index contributed by atoms with van der Waals surface area (Å²) in [6.45, 7) is -0.0553. The van der Waals surface area contributed by atoms with Crippen LogP contribution in [0, 0.1) is 3.57 Å². The van der Waals surface area contributed by atoms with E-state index in [2.05, 4.69) is 61.0 Å². The van der Waals surface area contributed by atoms with Crippen molar-refractivity contribution in [2.24, 2.45) is 0 Å². The van der Waals surface area contributed by atoms with Crippen LogP contribution >= 0.6 is 38.5 Å². The first-order valence-electron chi connectivity index (χ1n) is 11.4. The summed E-state index contributed by atoms with van der Waals surface area (Å²) in [6, 6.07) is 19.6. The first-order valence-corrected chi connectivity index (χ1v) is 13.3. The zero-order valence-electron chi connectivity index (χ0n) is 18.5. The van der Waals surface area contributed by atoms with Crippen LogP contribution in [0.4, 0.5) is 5.69 Å². The van der Waals surface area contributed by atoms with E-state index in [-0.39, 0.29) is 12.5 Å². The third-order valence-electron chi connectivity index (χ3n) is 6.16. The lowest BCUT2D eigenvalue weighted by atomic mass is 9.84. The highest BCUT2D eigenvalue weighted by atomic mass is 127. The van der Waals surface area contributed by atoms with Gasteiger partial charge in [-0.15, -0.1) is 0 Å². The smallest absolute Gasteiger partial charge is 0.262 e. The molecule has 0 radical (unpaired) electrons. The highest BCUT2D eigenvalue weighted by Gasteiger charge is 2.16. The van der Waals surface area contributed by atoms with Crippen LogP contribution in [-0.4, -0.2) is 17.5 Å². The molecule has 1 heterocycles. The Labute approximate surface area is 220 Å². The summed E-state index contributed by atoms with van der Waals surface area (Å²) in [5.74, 6) is 1.67. The SMILES string of the molecule is O=C(COc1ccc(C2CCCCC2)cc1)Nc1ccc2oc(-c3cc(I)ccc3Br)nc2c1. The topological polar surface area (TPSA) is 64.4 Å². The van der Waals surface area contributed by atoms with Crippen molar-refractivity contribution in [3.05, 3.63) is 74.3 Å². The second-order valence-corrected chi connectivity index (χ2v) is 10.7. The lowest BCUT2D eigenvalue weighted by molar-refractivity contribution is -0.118. The molecule has 3 aromatic carbocycles. The molecule has 0 unspecified atom stereocenters. The van der Waals surface area contributed by atoms with Crippen LogP contribution in [0.25, 0.3) is 22.6 Å². The monoisotopic (exact) mass is 630 g/mol. The minimum Gasteiger partial charge on any atom is -0.484 e. The van der Waals surface area contributed by atoms with Crippen LogP contribution in [0.3, 0.4) is 0 Å². The molecule has 0 aliphatic heterocycles. The third-order valence-corrected chi connectivity index (χ3v) is 7.52. The molecule has 4 aromatic rings. The van der Waals surface area contributed by atoms with Gasteiger partial charge in [-0.3, -0.25) is 4.79 Å². The minimum atomic E-state index is -0.222. The lowest BCUT2D eigenvalue weighted by Crippen LogP contribution is -2.20. The van der Waals surface area contributed by atoms with Crippen LogP contribution in [0.15, 0.2) is 69.6 Å². The number of carbonyl (C=O) groups is 1. The number of nitrogens with zero attached hydrogens (tertiary/aromatic N) is 1. The van der Waals surface area contributed by atoms with Gasteiger partial charge in [0.25, 0.3) is 5.91 Å². The number of benzene rings is 3. The van der Waals surface area contributed by atoms with Crippen molar-refractivity contribution in [1.29, 1.82) is 0 Å². The summed E-state index contributed by atoms with van der Waals surface area (Å²) in [5, 5.41) is 2.88. The van der Waals surface area contributed by atoms with Gasteiger partial charge in [-0.2, -0.15) is 0 Å². The van der Waals surface area contributed by atoms with Crippen molar-refractivity contribution in [2.75, 3.05) is 11.9 Å². The number of carbonyl (C=O) groups excluding carboxylic acids is 1. The van der Waals surface area contributed by atoms with Crippen molar-refractivity contribution in [1.82, 2.24) is 4.98 Å². The quantitative estimate of drug-likeness (QED) is 0.220. The number of halogens is 2. The molecule has 0 bridgehead atoms. The van der Waals surface area contributed by atoms with Gasteiger partial charge in [0.2, 0.25) is 5.89 Å². The summed E-state index contributed by atoms with van der Waals surface area (Å²) in [5.41, 5.74) is 4.24. The van der Waals surface area contributed by atoms with E-state index >= 15 is 0 Å². The molecule has 1 aliphatic carbocycles. The van der Waals surface area contributed by atoms with Gasteiger partial charge in [0.15, 0.2) is 12.2 Å². The lowest BCUT2D eigenvalue weighted by Gasteiger charge is -2.22. The van der Waals surface area contributed by atoms with E-state index < -0.39 is 0 Å². The Balaban J connectivity index is 1.21. The Morgan fingerprint density at radius 2 is 1.85 bits per heavy atom. The van der Waals surface area contributed by atoms with Gasteiger partial charge < -0.3 is 14.5 Å². The Bertz CT molecular complexity index is 1310. The van der Waals surface area contributed by atoms with Crippen LogP contribution in [-0.2, 0) is 4.79 Å². The molecule has 0 atom stereocenters. The number of rotatable bonds is 6. The number of amides is 1. The Hall–Kier alpha value is -2.39. The molecule has 1 saturated carbocycles. The summed E-state index contributed by atoms with van der Waals surface area (Å²) >= 11 is 5.82. The molecule has 174 valence electrons. The summed E-state index contributed by atoms with van der Waals surface area (Å²) in [4.78, 5) is 17.1. The van der Waals surface area contributed by atoms with E-state index in [1.807, 2.05) is 36.4 Å². The Morgan fingerprint density at radius 1 is 1.06 bits per heavy atom. The summed E-state index contributed by atoms with van der Waals surface area (Å²) < 4.78 is 13.6. The standard InChI is InChI=1S/C27H24BrIN2O3/c28-23-12-8-19(29)14-22(23)27-31-24-15-20(9-13-25(24)34-27)30-26(32)16-33-21-10-6-18(7-11-21)17-4-2-1-3-5-17/h6-15,17H,1-5,16H2,(H,30,32). The molecule has 1 aliphatic rings. The van der Waals surface area contributed by atoms with E-state index in [9.17, 15) is 4.79 Å². The zero-order valence-corrected chi connectivity index (χ0v) is 22.3. The number of anilines is 1. The maximum Gasteiger partial charge on any atom is 0.262 e. The molecule has 1 amide bonds. The van der Waals surface area contributed by atoms with Crippen molar-refractivity contribution in [2.45, 2.75) is 38.0 Å². The van der Waals surface area contributed by atoms with Gasteiger partial charge in [0.05, 0.1) is 5.56 Å². The van der Waals surface area contributed by atoms with Gasteiger partial charge in [-0.1, -0.05) is 31.4 Å². The number of ether oxygens (including phenoxy) is 1. The number of hydrogen-bond acceptors (Lipinski definition) is 4. The fourth-order valence-corrected chi connectivity index (χ4v) is 5.31. The maximum absolute atomic E-state index is 12.5. The first-order chi connectivity index (χ1) is 16.5. The van der Waals surface area contributed by atoms with E-state index in [0.29, 0.717) is 34.3 Å². The fraction of sp³-hybridized carbons (Fsp3) is 0.259. The van der Waals surface area contributed by atoms with E-state index in [1.165, 1.54) is 37.7 Å². The van der Waals surface area contributed by atoms with Crippen molar-refractivity contribution < 1.29 is 13.9 Å². The van der Waals surface area contributed by atoms with Crippen LogP contribution in [0.2, 0.25) is 0 Å². The highest BCUT2D eigenvalue weighted by Crippen LogP contribution is 2.34. The second-order valence-electron chi connectivity index (χ2n) is 8.57. The Kier molecular flexibility index (Phi) is 7.20. The molecule has 1 fully saturated rings. The molecule has 5 nitrogen and oxygen atoms in total. The number of hydrogen-bond donors (Lipinski definition) is 1. The normalized spacial score (nSPS) is 14.3. The molecular weight excluding hydrogens is 607 g/mol. The molecule has 0 spiro atoms. The summed E-state index contributed by atoms with van der Waals surface area (Å²) in [7, 11) is 0. The molecule has 1 aromatic heterocycles. The van der Waals surface area contributed by atoms with E-state index in [0.717, 1.165) is 13.6 Å². The predicted molar refractivity (Wildman–Crippen MR) is 146 cm³/mol. The maximum atomic E-state index is 12.5. The predicted octanol–water partition coefficient (Wildman–Crippen LogP) is 7.93. The molecular formula is C27H24BrIN2O3. The molecule has 5 rings (SSSR count). The van der Waals surface area contributed by atoms with Gasteiger partial charge in [-0.05, 0) is 111 Å². The van der Waals surface area contributed by atoms with Crippen LogP contribution in [0.1, 0.15) is 43.6 Å². The van der Waals surface area contributed by atoms with Gasteiger partial charge in [-0.25, -0.2) is 4.98 Å². The van der Waals surface area contributed by atoms with Gasteiger partial charge >= 0.3 is 0 Å². The highest BCUT2D eigenvalue weighted by molar-refractivity contribution is 14.1. The fourth-order valence-electron chi connectivity index (χ4n) is 4.40. The van der Waals surface area contributed by atoms with Crippen LogP contribution < -0.4 is 10.1 Å². The second kappa shape index (κ2) is 10.5. The third kappa shape index (κ3) is 5.46. The summed E-state index contributed by atoms with van der Waals surface area (Å²) in [6.07, 6.45) is 6.51. The van der Waals surface area contributed by atoms with E-state index in [4.69, 9.17) is 9.15 Å². The van der Waals surface area contributed by atoms with E-state index in [1.54, 1.807) is 12.1 Å². The van der Waals surface area contributed by atoms with Crippen LogP contribution in [0.5, 0.6) is 5.75 Å². The van der Waals surface area contributed by atoms with Gasteiger partial charge in [0, 0.05) is 13.7 Å². The molecule has 34 heavy (non-hydrogen) atoms. The number of aromatic nitrogens is 1. The number of oxazole rings is 1. The first kappa shape index (κ1) is 23.4. The Morgan fingerprint density at radius 3 is 2.65 bits per heavy atom.